The van der Waals surface area contributed by atoms with E-state index in [1.807, 2.05) is 24.4 Å². The average Bonchev–Trinajstić information content (AvgIpc) is 2.88. The van der Waals surface area contributed by atoms with Gasteiger partial charge in [-0.1, -0.05) is 17.7 Å². The summed E-state index contributed by atoms with van der Waals surface area (Å²) in [5.74, 6) is -0.152. The standard InChI is InChI=1S/C12H12ClN3OS/c1-2-16(8-9-4-3-5-18-9)12(17)10-6-14-7-11(13)15-10/h3-7H,2,8H2,1H3. The Bertz CT molecular complexity index is 530. The highest BCUT2D eigenvalue weighted by Crippen LogP contribution is 2.14. The second-order valence-corrected chi connectivity index (χ2v) is 5.05. The summed E-state index contributed by atoms with van der Waals surface area (Å²) in [6.45, 7) is 3.13. The van der Waals surface area contributed by atoms with E-state index in [1.54, 1.807) is 16.2 Å². The molecule has 0 radical (unpaired) electrons. The van der Waals surface area contributed by atoms with Crippen molar-refractivity contribution in [2.24, 2.45) is 0 Å². The van der Waals surface area contributed by atoms with Gasteiger partial charge in [-0.05, 0) is 18.4 Å². The predicted octanol–water partition coefficient (Wildman–Crippen LogP) is 2.85. The van der Waals surface area contributed by atoms with Crippen molar-refractivity contribution in [3.8, 4) is 0 Å². The van der Waals surface area contributed by atoms with Gasteiger partial charge < -0.3 is 4.90 Å². The Morgan fingerprint density at radius 2 is 2.33 bits per heavy atom. The lowest BCUT2D eigenvalue weighted by Gasteiger charge is -2.19. The van der Waals surface area contributed by atoms with Gasteiger partial charge in [0.25, 0.3) is 5.91 Å². The molecule has 18 heavy (non-hydrogen) atoms. The number of aromatic nitrogens is 2. The van der Waals surface area contributed by atoms with Gasteiger partial charge in [0.05, 0.1) is 18.9 Å². The van der Waals surface area contributed by atoms with Crippen LogP contribution in [-0.2, 0) is 6.54 Å². The number of rotatable bonds is 4. The van der Waals surface area contributed by atoms with E-state index in [1.165, 1.54) is 12.4 Å². The fourth-order valence-electron chi connectivity index (χ4n) is 1.53. The maximum absolute atomic E-state index is 12.2. The lowest BCUT2D eigenvalue weighted by atomic mass is 10.3. The van der Waals surface area contributed by atoms with Crippen LogP contribution in [0.2, 0.25) is 5.15 Å². The van der Waals surface area contributed by atoms with Crippen molar-refractivity contribution in [1.82, 2.24) is 14.9 Å². The number of carbonyl (C=O) groups excluding carboxylic acids is 1. The summed E-state index contributed by atoms with van der Waals surface area (Å²) < 4.78 is 0. The smallest absolute Gasteiger partial charge is 0.274 e. The summed E-state index contributed by atoms with van der Waals surface area (Å²) >= 11 is 7.36. The minimum absolute atomic E-state index is 0.152. The zero-order valence-corrected chi connectivity index (χ0v) is 11.4. The molecule has 1 amide bonds. The quantitative estimate of drug-likeness (QED) is 0.866. The molecule has 94 valence electrons. The van der Waals surface area contributed by atoms with Gasteiger partial charge in [-0.25, -0.2) is 4.98 Å². The van der Waals surface area contributed by atoms with Crippen molar-refractivity contribution < 1.29 is 4.79 Å². The molecule has 2 aromatic rings. The number of amides is 1. The zero-order valence-electron chi connectivity index (χ0n) is 9.84. The Hall–Kier alpha value is -1.46. The molecule has 4 nitrogen and oxygen atoms in total. The predicted molar refractivity (Wildman–Crippen MR) is 71.8 cm³/mol. The van der Waals surface area contributed by atoms with Crippen molar-refractivity contribution in [2.75, 3.05) is 6.54 Å². The molecule has 0 fully saturated rings. The minimum atomic E-state index is -0.152. The van der Waals surface area contributed by atoms with Gasteiger partial charge in [0.15, 0.2) is 0 Å². The van der Waals surface area contributed by atoms with Crippen molar-refractivity contribution >= 4 is 28.8 Å². The largest absolute Gasteiger partial charge is 0.332 e. The number of carbonyl (C=O) groups is 1. The Morgan fingerprint density at radius 1 is 1.50 bits per heavy atom. The first-order valence-corrected chi connectivity index (χ1v) is 6.75. The summed E-state index contributed by atoms with van der Waals surface area (Å²) in [6.07, 6.45) is 2.85. The van der Waals surface area contributed by atoms with Crippen LogP contribution in [0.25, 0.3) is 0 Å². The Balaban J connectivity index is 2.15. The van der Waals surface area contributed by atoms with Crippen molar-refractivity contribution in [1.29, 1.82) is 0 Å². The molecule has 0 aliphatic rings. The molecule has 0 spiro atoms. The molecular formula is C12H12ClN3OS. The van der Waals surface area contributed by atoms with Gasteiger partial charge in [0.2, 0.25) is 0 Å². The molecule has 0 saturated heterocycles. The van der Waals surface area contributed by atoms with Crippen LogP contribution in [0, 0.1) is 0 Å². The highest BCUT2D eigenvalue weighted by molar-refractivity contribution is 7.09. The summed E-state index contributed by atoms with van der Waals surface area (Å²) in [6, 6.07) is 3.97. The second-order valence-electron chi connectivity index (χ2n) is 3.63. The SMILES string of the molecule is CCN(Cc1cccs1)C(=O)c1cncc(Cl)n1. The lowest BCUT2D eigenvalue weighted by Crippen LogP contribution is -2.30. The molecule has 0 atom stereocenters. The van der Waals surface area contributed by atoms with E-state index >= 15 is 0 Å². The molecule has 0 N–H and O–H groups in total. The van der Waals surface area contributed by atoms with Crippen LogP contribution in [0.5, 0.6) is 0 Å². The zero-order chi connectivity index (χ0) is 13.0. The van der Waals surface area contributed by atoms with Gasteiger partial charge in [0, 0.05) is 11.4 Å². The molecule has 0 saturated carbocycles. The molecule has 2 heterocycles. The first-order chi connectivity index (χ1) is 8.70. The maximum atomic E-state index is 12.2. The molecule has 2 rings (SSSR count). The van der Waals surface area contributed by atoms with E-state index in [4.69, 9.17) is 11.6 Å². The molecular weight excluding hydrogens is 270 g/mol. The average molecular weight is 282 g/mol. The van der Waals surface area contributed by atoms with E-state index in [2.05, 4.69) is 9.97 Å². The topological polar surface area (TPSA) is 46.1 Å². The van der Waals surface area contributed by atoms with E-state index in [9.17, 15) is 4.79 Å². The van der Waals surface area contributed by atoms with Crippen LogP contribution in [0.1, 0.15) is 22.3 Å². The van der Waals surface area contributed by atoms with Crippen molar-refractivity contribution in [3.05, 3.63) is 45.6 Å². The highest BCUT2D eigenvalue weighted by atomic mass is 35.5. The molecule has 0 aliphatic heterocycles. The summed E-state index contributed by atoms with van der Waals surface area (Å²) in [4.78, 5) is 22.9. The van der Waals surface area contributed by atoms with Gasteiger partial charge in [-0.2, -0.15) is 0 Å². The van der Waals surface area contributed by atoms with Crippen LogP contribution in [0.3, 0.4) is 0 Å². The first kappa shape index (κ1) is 13.0. The van der Waals surface area contributed by atoms with Gasteiger partial charge in [-0.15, -0.1) is 11.3 Å². The maximum Gasteiger partial charge on any atom is 0.274 e. The van der Waals surface area contributed by atoms with Crippen LogP contribution in [0.15, 0.2) is 29.9 Å². The summed E-state index contributed by atoms with van der Waals surface area (Å²) in [7, 11) is 0. The van der Waals surface area contributed by atoms with E-state index in [-0.39, 0.29) is 16.8 Å². The highest BCUT2D eigenvalue weighted by Gasteiger charge is 2.16. The van der Waals surface area contributed by atoms with Gasteiger partial charge >= 0.3 is 0 Å². The van der Waals surface area contributed by atoms with Gasteiger partial charge in [-0.3, -0.25) is 9.78 Å². The third-order valence-corrected chi connectivity index (χ3v) is 3.46. The number of halogens is 1. The first-order valence-electron chi connectivity index (χ1n) is 5.50. The van der Waals surface area contributed by atoms with Crippen LogP contribution >= 0.6 is 22.9 Å². The number of hydrogen-bond acceptors (Lipinski definition) is 4. The third kappa shape index (κ3) is 3.05. The van der Waals surface area contributed by atoms with Crippen molar-refractivity contribution in [2.45, 2.75) is 13.5 Å². The number of nitrogens with zero attached hydrogens (tertiary/aromatic N) is 3. The fraction of sp³-hybridized carbons (Fsp3) is 0.250. The number of hydrogen-bond donors (Lipinski definition) is 0. The summed E-state index contributed by atoms with van der Waals surface area (Å²) in [5.41, 5.74) is 0.279. The van der Waals surface area contributed by atoms with Crippen molar-refractivity contribution in [3.63, 3.8) is 0 Å². The molecule has 2 aromatic heterocycles. The number of thiophene rings is 1. The monoisotopic (exact) mass is 281 g/mol. The van der Waals surface area contributed by atoms with Crippen LogP contribution < -0.4 is 0 Å². The molecule has 0 bridgehead atoms. The summed E-state index contributed by atoms with van der Waals surface area (Å²) in [5, 5.41) is 2.22. The minimum Gasteiger partial charge on any atom is -0.332 e. The Morgan fingerprint density at radius 3 is 2.94 bits per heavy atom. The molecule has 0 unspecified atom stereocenters. The fourth-order valence-corrected chi connectivity index (χ4v) is 2.39. The van der Waals surface area contributed by atoms with Crippen LogP contribution in [-0.4, -0.2) is 27.3 Å². The van der Waals surface area contributed by atoms with Gasteiger partial charge in [0.1, 0.15) is 10.8 Å². The molecule has 0 aliphatic carbocycles. The Kier molecular flexibility index (Phi) is 4.28. The van der Waals surface area contributed by atoms with E-state index < -0.39 is 0 Å². The Labute approximate surface area is 114 Å². The van der Waals surface area contributed by atoms with Crippen LogP contribution in [0.4, 0.5) is 0 Å². The third-order valence-electron chi connectivity index (χ3n) is 2.42. The molecule has 6 heteroatoms. The molecule has 0 aromatic carbocycles. The van der Waals surface area contributed by atoms with E-state index in [0.29, 0.717) is 13.1 Å². The van der Waals surface area contributed by atoms with E-state index in [0.717, 1.165) is 4.88 Å². The second kappa shape index (κ2) is 5.93. The normalized spacial score (nSPS) is 10.3. The lowest BCUT2D eigenvalue weighted by molar-refractivity contribution is 0.0748.